The predicted molar refractivity (Wildman–Crippen MR) is 95.9 cm³/mol. The first-order chi connectivity index (χ1) is 12.5. The van der Waals surface area contributed by atoms with Crippen molar-refractivity contribution in [2.45, 2.75) is 57.9 Å². The number of likely N-dealkylation sites (tertiary alicyclic amines) is 2. The van der Waals surface area contributed by atoms with Crippen LogP contribution in [0.25, 0.3) is 0 Å². The van der Waals surface area contributed by atoms with Crippen molar-refractivity contribution < 1.29 is 14.0 Å². The summed E-state index contributed by atoms with van der Waals surface area (Å²) in [6.45, 7) is 3.49. The second kappa shape index (κ2) is 6.56. The van der Waals surface area contributed by atoms with E-state index in [0.717, 1.165) is 32.2 Å². The van der Waals surface area contributed by atoms with Crippen molar-refractivity contribution in [2.75, 3.05) is 19.6 Å². The van der Waals surface area contributed by atoms with E-state index >= 15 is 0 Å². The maximum Gasteiger partial charge on any atom is 0.289 e. The number of hydrogen-bond donors (Lipinski definition) is 0. The largest absolute Gasteiger partial charge is 0.456 e. The Balaban J connectivity index is 1.52. The van der Waals surface area contributed by atoms with Crippen LogP contribution in [0.1, 0.15) is 61.3 Å². The minimum Gasteiger partial charge on any atom is -0.456 e. The molecule has 140 valence electrons. The van der Waals surface area contributed by atoms with Gasteiger partial charge in [-0.05, 0) is 39.0 Å². The molecule has 2 amide bonds. The molecule has 0 unspecified atom stereocenters. The van der Waals surface area contributed by atoms with Crippen LogP contribution in [0, 0.1) is 12.3 Å². The van der Waals surface area contributed by atoms with Crippen molar-refractivity contribution in [3.63, 3.8) is 0 Å². The third-order valence-electron chi connectivity index (χ3n) is 6.28. The average molecular weight is 358 g/mol. The van der Waals surface area contributed by atoms with Crippen LogP contribution in [-0.4, -0.2) is 47.3 Å². The van der Waals surface area contributed by atoms with Crippen molar-refractivity contribution in [1.82, 2.24) is 9.80 Å². The lowest BCUT2D eigenvalue weighted by Gasteiger charge is -2.42. The second-order valence-corrected chi connectivity index (χ2v) is 8.07. The fourth-order valence-corrected chi connectivity index (χ4v) is 4.95. The summed E-state index contributed by atoms with van der Waals surface area (Å²) in [6.07, 6.45) is 7.19. The van der Waals surface area contributed by atoms with Gasteiger partial charge in [0.05, 0.1) is 5.41 Å². The number of aryl methyl sites for hydroxylation is 1. The topological polar surface area (TPSA) is 70.8 Å². The highest BCUT2D eigenvalue weighted by Crippen LogP contribution is 2.42. The summed E-state index contributed by atoms with van der Waals surface area (Å²) >= 11 is 0. The first kappa shape index (κ1) is 17.3. The van der Waals surface area contributed by atoms with Crippen molar-refractivity contribution in [3.05, 3.63) is 33.9 Å². The Hall–Kier alpha value is -2.11. The number of amides is 2. The highest BCUT2D eigenvalue weighted by atomic mass is 16.3. The van der Waals surface area contributed by atoms with Gasteiger partial charge in [-0.15, -0.1) is 0 Å². The molecular weight excluding hydrogens is 332 g/mol. The van der Waals surface area contributed by atoms with Gasteiger partial charge in [0.1, 0.15) is 5.76 Å². The molecule has 0 radical (unpaired) electrons. The van der Waals surface area contributed by atoms with Crippen molar-refractivity contribution in [2.24, 2.45) is 5.41 Å². The van der Waals surface area contributed by atoms with Gasteiger partial charge in [-0.25, -0.2) is 0 Å². The minimum atomic E-state index is -0.444. The molecule has 0 bridgehead atoms. The maximum atomic E-state index is 13.3. The van der Waals surface area contributed by atoms with Gasteiger partial charge >= 0.3 is 0 Å². The summed E-state index contributed by atoms with van der Waals surface area (Å²) < 4.78 is 5.45. The third kappa shape index (κ3) is 2.95. The van der Waals surface area contributed by atoms with Crippen molar-refractivity contribution >= 4 is 11.8 Å². The minimum absolute atomic E-state index is 0.0722. The predicted octanol–water partition coefficient (Wildman–Crippen LogP) is 2.35. The molecule has 2 saturated heterocycles. The molecule has 1 aromatic rings. The molecule has 1 spiro atoms. The lowest BCUT2D eigenvalue weighted by atomic mass is 9.77. The fraction of sp³-hybridized carbons (Fsp3) is 0.650. The fourth-order valence-electron chi connectivity index (χ4n) is 4.95. The van der Waals surface area contributed by atoms with E-state index in [9.17, 15) is 14.4 Å². The first-order valence-electron chi connectivity index (χ1n) is 9.71. The van der Waals surface area contributed by atoms with E-state index in [1.807, 2.05) is 0 Å². The molecule has 1 saturated carbocycles. The Kier molecular flexibility index (Phi) is 4.37. The Morgan fingerprint density at radius 2 is 1.88 bits per heavy atom. The summed E-state index contributed by atoms with van der Waals surface area (Å²) in [4.78, 5) is 41.5. The quantitative estimate of drug-likeness (QED) is 0.814. The second-order valence-electron chi connectivity index (χ2n) is 8.07. The summed E-state index contributed by atoms with van der Waals surface area (Å²) in [7, 11) is 0. The molecule has 6 nitrogen and oxygen atoms in total. The SMILES string of the molecule is Cc1cc(=O)cc(C(=O)N2CC[C@]3(CCCN(C4CCCC4)C3=O)C2)o1. The van der Waals surface area contributed by atoms with Crippen LogP contribution >= 0.6 is 0 Å². The molecular formula is C20H26N2O4. The molecule has 1 aliphatic carbocycles. The van der Waals surface area contributed by atoms with Crippen LogP contribution in [0.4, 0.5) is 0 Å². The van der Waals surface area contributed by atoms with E-state index in [2.05, 4.69) is 4.90 Å². The van der Waals surface area contributed by atoms with Gasteiger partial charge in [0.15, 0.2) is 11.2 Å². The van der Waals surface area contributed by atoms with E-state index in [0.29, 0.717) is 31.3 Å². The number of nitrogens with zero attached hydrogens (tertiary/aromatic N) is 2. The number of hydrogen-bond acceptors (Lipinski definition) is 4. The molecule has 1 aromatic heterocycles. The Bertz CT molecular complexity index is 780. The smallest absolute Gasteiger partial charge is 0.289 e. The maximum absolute atomic E-state index is 13.3. The molecule has 3 fully saturated rings. The number of piperidine rings is 1. The zero-order valence-electron chi connectivity index (χ0n) is 15.3. The monoisotopic (exact) mass is 358 g/mol. The average Bonchev–Trinajstić information content (AvgIpc) is 3.27. The molecule has 2 aliphatic heterocycles. The molecule has 1 atom stereocenters. The van der Waals surface area contributed by atoms with E-state index in [1.54, 1.807) is 11.8 Å². The number of rotatable bonds is 2. The number of carbonyl (C=O) groups is 2. The lowest BCUT2D eigenvalue weighted by Crippen LogP contribution is -2.53. The van der Waals surface area contributed by atoms with Crippen LogP contribution in [0.5, 0.6) is 0 Å². The Labute approximate surface area is 153 Å². The van der Waals surface area contributed by atoms with Gasteiger partial charge < -0.3 is 14.2 Å². The number of carbonyl (C=O) groups excluding carboxylic acids is 2. The molecule has 3 heterocycles. The zero-order chi connectivity index (χ0) is 18.3. The lowest BCUT2D eigenvalue weighted by molar-refractivity contribution is -0.148. The van der Waals surface area contributed by atoms with Crippen LogP contribution in [0.15, 0.2) is 21.3 Å². The third-order valence-corrected chi connectivity index (χ3v) is 6.28. The zero-order valence-corrected chi connectivity index (χ0v) is 15.3. The van der Waals surface area contributed by atoms with Gasteiger partial charge in [0, 0.05) is 37.8 Å². The summed E-state index contributed by atoms with van der Waals surface area (Å²) in [6, 6.07) is 3.00. The molecule has 3 aliphatic rings. The summed E-state index contributed by atoms with van der Waals surface area (Å²) in [5.41, 5.74) is -0.673. The molecule has 0 N–H and O–H groups in total. The molecule has 6 heteroatoms. The van der Waals surface area contributed by atoms with Gasteiger partial charge in [0.2, 0.25) is 5.91 Å². The highest BCUT2D eigenvalue weighted by molar-refractivity contribution is 5.93. The molecule has 26 heavy (non-hydrogen) atoms. The molecule has 0 aromatic carbocycles. The van der Waals surface area contributed by atoms with E-state index in [1.165, 1.54) is 25.0 Å². The van der Waals surface area contributed by atoms with Crippen molar-refractivity contribution in [3.8, 4) is 0 Å². The van der Waals surface area contributed by atoms with E-state index in [4.69, 9.17) is 4.42 Å². The van der Waals surface area contributed by atoms with E-state index < -0.39 is 5.41 Å². The van der Waals surface area contributed by atoms with Gasteiger partial charge in [-0.1, -0.05) is 12.8 Å². The van der Waals surface area contributed by atoms with Crippen LogP contribution in [0.2, 0.25) is 0 Å². The highest BCUT2D eigenvalue weighted by Gasteiger charge is 2.51. The van der Waals surface area contributed by atoms with Crippen LogP contribution in [-0.2, 0) is 4.79 Å². The van der Waals surface area contributed by atoms with Gasteiger partial charge in [-0.3, -0.25) is 14.4 Å². The molecule has 4 rings (SSSR count). The summed E-state index contributed by atoms with van der Waals surface area (Å²) in [5, 5.41) is 0. The van der Waals surface area contributed by atoms with Crippen molar-refractivity contribution in [1.29, 1.82) is 0 Å². The first-order valence-corrected chi connectivity index (χ1v) is 9.71. The normalized spacial score (nSPS) is 26.9. The van der Waals surface area contributed by atoms with Crippen LogP contribution in [0.3, 0.4) is 0 Å². The Morgan fingerprint density at radius 1 is 1.12 bits per heavy atom. The standard InChI is InChI=1S/C20H26N2O4/c1-14-11-16(23)12-17(26-14)18(24)21-10-8-20(13-21)7-4-9-22(19(20)25)15-5-2-3-6-15/h11-12,15H,2-10,13H2,1H3/t20-/m1/s1. The Morgan fingerprint density at radius 3 is 2.62 bits per heavy atom. The van der Waals surface area contributed by atoms with Gasteiger partial charge in [-0.2, -0.15) is 0 Å². The van der Waals surface area contributed by atoms with E-state index in [-0.39, 0.29) is 23.0 Å². The van der Waals surface area contributed by atoms with Gasteiger partial charge in [0.25, 0.3) is 5.91 Å². The summed E-state index contributed by atoms with van der Waals surface area (Å²) in [5.74, 6) is 0.448. The van der Waals surface area contributed by atoms with Crippen LogP contribution < -0.4 is 5.43 Å².